The van der Waals surface area contributed by atoms with Crippen LogP contribution in [0.5, 0.6) is 0 Å². The molecule has 5 nitrogen and oxygen atoms in total. The van der Waals surface area contributed by atoms with Crippen molar-refractivity contribution in [1.29, 1.82) is 0 Å². The SMILES string of the molecule is CNCCC1COC(=O)N(Cc2ccco2)C1. The van der Waals surface area contributed by atoms with Gasteiger partial charge in [-0.25, -0.2) is 4.79 Å². The van der Waals surface area contributed by atoms with Crippen LogP contribution in [0.4, 0.5) is 4.79 Å². The summed E-state index contributed by atoms with van der Waals surface area (Å²) in [6, 6.07) is 3.69. The number of hydrogen-bond acceptors (Lipinski definition) is 4. The van der Waals surface area contributed by atoms with Crippen LogP contribution in [0.25, 0.3) is 0 Å². The van der Waals surface area contributed by atoms with Gasteiger partial charge >= 0.3 is 6.09 Å². The molecule has 0 spiro atoms. The highest BCUT2D eigenvalue weighted by Gasteiger charge is 2.27. The van der Waals surface area contributed by atoms with E-state index in [1.165, 1.54) is 0 Å². The Morgan fingerprint density at radius 3 is 3.18 bits per heavy atom. The summed E-state index contributed by atoms with van der Waals surface area (Å²) in [5.41, 5.74) is 0. The second-order valence-electron chi connectivity index (χ2n) is 4.30. The summed E-state index contributed by atoms with van der Waals surface area (Å²) in [5, 5.41) is 3.11. The van der Waals surface area contributed by atoms with E-state index in [9.17, 15) is 4.79 Å². The molecule has 5 heteroatoms. The van der Waals surface area contributed by atoms with Crippen molar-refractivity contribution >= 4 is 6.09 Å². The number of ether oxygens (including phenoxy) is 1. The molecule has 1 amide bonds. The number of carbonyl (C=O) groups excluding carboxylic acids is 1. The average Bonchev–Trinajstić information content (AvgIpc) is 2.83. The van der Waals surface area contributed by atoms with Crippen LogP contribution < -0.4 is 5.32 Å². The van der Waals surface area contributed by atoms with Crippen molar-refractivity contribution in [1.82, 2.24) is 10.2 Å². The maximum atomic E-state index is 11.6. The Hall–Kier alpha value is -1.49. The third-order valence-corrected chi connectivity index (χ3v) is 2.91. The highest BCUT2D eigenvalue weighted by molar-refractivity contribution is 5.68. The number of amides is 1. The Balaban J connectivity index is 1.88. The van der Waals surface area contributed by atoms with Gasteiger partial charge in [-0.3, -0.25) is 0 Å². The molecule has 2 heterocycles. The molecule has 2 rings (SSSR count). The zero-order valence-corrected chi connectivity index (χ0v) is 10.0. The van der Waals surface area contributed by atoms with Gasteiger partial charge in [-0.15, -0.1) is 0 Å². The minimum atomic E-state index is -0.248. The molecule has 1 unspecified atom stereocenters. The molecule has 1 atom stereocenters. The predicted octanol–water partition coefficient (Wildman–Crippen LogP) is 1.46. The highest BCUT2D eigenvalue weighted by atomic mass is 16.6. The van der Waals surface area contributed by atoms with E-state index in [2.05, 4.69) is 5.32 Å². The third kappa shape index (κ3) is 3.23. The van der Waals surface area contributed by atoms with Crippen molar-refractivity contribution in [3.63, 3.8) is 0 Å². The molecule has 1 saturated heterocycles. The molecule has 1 aromatic rings. The van der Waals surface area contributed by atoms with Crippen molar-refractivity contribution in [2.45, 2.75) is 13.0 Å². The number of hydrogen-bond donors (Lipinski definition) is 1. The van der Waals surface area contributed by atoms with Crippen LogP contribution in [0.1, 0.15) is 12.2 Å². The Bertz CT molecular complexity index is 351. The molecule has 0 saturated carbocycles. The third-order valence-electron chi connectivity index (χ3n) is 2.91. The quantitative estimate of drug-likeness (QED) is 0.843. The first-order valence-electron chi connectivity index (χ1n) is 5.88. The normalized spacial score (nSPS) is 20.4. The van der Waals surface area contributed by atoms with Crippen LogP contribution in [0.3, 0.4) is 0 Å². The number of nitrogens with zero attached hydrogens (tertiary/aromatic N) is 1. The highest BCUT2D eigenvalue weighted by Crippen LogP contribution is 2.17. The van der Waals surface area contributed by atoms with Crippen molar-refractivity contribution in [3.8, 4) is 0 Å². The summed E-state index contributed by atoms with van der Waals surface area (Å²) in [6.07, 6.45) is 2.38. The van der Waals surface area contributed by atoms with Crippen molar-refractivity contribution in [3.05, 3.63) is 24.2 Å². The Labute approximate surface area is 101 Å². The van der Waals surface area contributed by atoms with Crippen molar-refractivity contribution in [2.75, 3.05) is 26.7 Å². The molecular weight excluding hydrogens is 220 g/mol. The number of cyclic esters (lactones) is 1. The van der Waals surface area contributed by atoms with Crippen LogP contribution in [0.2, 0.25) is 0 Å². The largest absolute Gasteiger partial charge is 0.467 e. The smallest absolute Gasteiger partial charge is 0.410 e. The fourth-order valence-corrected chi connectivity index (χ4v) is 1.96. The second-order valence-corrected chi connectivity index (χ2v) is 4.30. The summed E-state index contributed by atoms with van der Waals surface area (Å²) in [7, 11) is 1.93. The van der Waals surface area contributed by atoms with Crippen LogP contribution >= 0.6 is 0 Å². The molecule has 1 aliphatic heterocycles. The minimum Gasteiger partial charge on any atom is -0.467 e. The summed E-state index contributed by atoms with van der Waals surface area (Å²) in [4.78, 5) is 13.3. The molecule has 0 bridgehead atoms. The lowest BCUT2D eigenvalue weighted by Gasteiger charge is -2.31. The van der Waals surface area contributed by atoms with Crippen molar-refractivity contribution < 1.29 is 13.9 Å². The summed E-state index contributed by atoms with van der Waals surface area (Å²) >= 11 is 0. The van der Waals surface area contributed by atoms with E-state index < -0.39 is 0 Å². The van der Waals surface area contributed by atoms with E-state index in [1.807, 2.05) is 19.2 Å². The fraction of sp³-hybridized carbons (Fsp3) is 0.583. The van der Waals surface area contributed by atoms with Gasteiger partial charge in [-0.2, -0.15) is 0 Å². The Morgan fingerprint density at radius 2 is 2.47 bits per heavy atom. The lowest BCUT2D eigenvalue weighted by atomic mass is 10.1. The maximum Gasteiger partial charge on any atom is 0.410 e. The second kappa shape index (κ2) is 5.72. The molecule has 0 aromatic carbocycles. The van der Waals surface area contributed by atoms with Gasteiger partial charge in [0, 0.05) is 12.5 Å². The van der Waals surface area contributed by atoms with E-state index in [4.69, 9.17) is 9.15 Å². The molecule has 1 fully saturated rings. The van der Waals surface area contributed by atoms with Crippen LogP contribution in [-0.4, -0.2) is 37.7 Å². The number of furan rings is 1. The lowest BCUT2D eigenvalue weighted by Crippen LogP contribution is -2.43. The molecule has 17 heavy (non-hydrogen) atoms. The van der Waals surface area contributed by atoms with E-state index >= 15 is 0 Å². The van der Waals surface area contributed by atoms with Gasteiger partial charge in [0.2, 0.25) is 0 Å². The van der Waals surface area contributed by atoms with Crippen molar-refractivity contribution in [2.24, 2.45) is 5.92 Å². The Morgan fingerprint density at radius 1 is 1.59 bits per heavy atom. The first-order chi connectivity index (χ1) is 8.29. The molecule has 1 N–H and O–H groups in total. The Kier molecular flexibility index (Phi) is 4.03. The number of nitrogens with one attached hydrogen (secondary N) is 1. The topological polar surface area (TPSA) is 54.7 Å². The summed E-state index contributed by atoms with van der Waals surface area (Å²) in [5.74, 6) is 1.19. The standard InChI is InChI=1S/C12H18N2O3/c1-13-5-4-10-7-14(12(15)17-9-10)8-11-3-2-6-16-11/h2-3,6,10,13H,4-5,7-9H2,1H3. The average molecular weight is 238 g/mol. The van der Waals surface area contributed by atoms with Gasteiger partial charge < -0.3 is 19.4 Å². The lowest BCUT2D eigenvalue weighted by molar-refractivity contribution is 0.0356. The van der Waals surface area contributed by atoms with E-state index in [-0.39, 0.29) is 6.09 Å². The predicted molar refractivity (Wildman–Crippen MR) is 62.5 cm³/mol. The fourth-order valence-electron chi connectivity index (χ4n) is 1.96. The molecular formula is C12H18N2O3. The van der Waals surface area contributed by atoms with Gasteiger partial charge in [0.25, 0.3) is 0 Å². The van der Waals surface area contributed by atoms with Gasteiger partial charge in [-0.05, 0) is 32.1 Å². The molecule has 1 aromatic heterocycles. The van der Waals surface area contributed by atoms with Crippen LogP contribution in [-0.2, 0) is 11.3 Å². The van der Waals surface area contributed by atoms with Crippen LogP contribution in [0.15, 0.2) is 22.8 Å². The van der Waals surface area contributed by atoms with Gasteiger partial charge in [0.15, 0.2) is 0 Å². The summed E-state index contributed by atoms with van der Waals surface area (Å²) in [6.45, 7) is 2.69. The van der Waals surface area contributed by atoms with E-state index in [0.717, 1.165) is 25.3 Å². The van der Waals surface area contributed by atoms with Crippen LogP contribution in [0, 0.1) is 5.92 Å². The number of rotatable bonds is 5. The number of carbonyl (C=O) groups is 1. The molecule has 0 radical (unpaired) electrons. The van der Waals surface area contributed by atoms with Gasteiger partial charge in [0.05, 0.1) is 19.4 Å². The molecule has 1 aliphatic rings. The minimum absolute atomic E-state index is 0.248. The van der Waals surface area contributed by atoms with Gasteiger partial charge in [0.1, 0.15) is 5.76 Å². The molecule has 0 aliphatic carbocycles. The van der Waals surface area contributed by atoms with E-state index in [0.29, 0.717) is 19.1 Å². The first-order valence-corrected chi connectivity index (χ1v) is 5.88. The first kappa shape index (κ1) is 12.0. The maximum absolute atomic E-state index is 11.6. The zero-order valence-electron chi connectivity index (χ0n) is 10.0. The zero-order chi connectivity index (χ0) is 12.1. The van der Waals surface area contributed by atoms with E-state index in [1.54, 1.807) is 11.2 Å². The van der Waals surface area contributed by atoms with Gasteiger partial charge in [-0.1, -0.05) is 0 Å². The summed E-state index contributed by atoms with van der Waals surface area (Å²) < 4.78 is 10.4. The molecule has 94 valence electrons. The monoisotopic (exact) mass is 238 g/mol.